The summed E-state index contributed by atoms with van der Waals surface area (Å²) in [5, 5.41) is 0.684. The molecule has 0 radical (unpaired) electrons. The van der Waals surface area contributed by atoms with Crippen molar-refractivity contribution in [3.8, 4) is 11.1 Å². The van der Waals surface area contributed by atoms with Crippen LogP contribution in [0.3, 0.4) is 0 Å². The van der Waals surface area contributed by atoms with Crippen molar-refractivity contribution in [2.75, 3.05) is 7.11 Å². The van der Waals surface area contributed by atoms with Gasteiger partial charge in [0.2, 0.25) is 0 Å². The molecule has 0 saturated heterocycles. The number of ether oxygens (including phenoxy) is 1. The van der Waals surface area contributed by atoms with Crippen molar-refractivity contribution in [2.24, 2.45) is 0 Å². The summed E-state index contributed by atoms with van der Waals surface area (Å²) in [4.78, 5) is 31.6. The number of carbonyl (C=O) groups excluding carboxylic acids is 1. The second-order valence-corrected chi connectivity index (χ2v) is 9.64. The van der Waals surface area contributed by atoms with Crippen molar-refractivity contribution >= 4 is 27.5 Å². The van der Waals surface area contributed by atoms with Crippen molar-refractivity contribution in [1.82, 2.24) is 9.55 Å². The van der Waals surface area contributed by atoms with E-state index in [1.54, 1.807) is 15.9 Å². The van der Waals surface area contributed by atoms with Gasteiger partial charge in [-0.1, -0.05) is 52.0 Å². The topological polar surface area (TPSA) is 61.2 Å². The second-order valence-electron chi connectivity index (χ2n) is 8.56. The van der Waals surface area contributed by atoms with E-state index in [1.165, 1.54) is 17.6 Å². The van der Waals surface area contributed by atoms with Crippen molar-refractivity contribution in [2.45, 2.75) is 65.8 Å². The van der Waals surface area contributed by atoms with Crippen LogP contribution < -0.4 is 5.56 Å². The Kier molecular flexibility index (Phi) is 6.46. The maximum atomic E-state index is 13.5. The average Bonchev–Trinajstić information content (AvgIpc) is 3.08. The highest BCUT2D eigenvalue weighted by atomic mass is 32.1. The fourth-order valence-corrected chi connectivity index (χ4v) is 4.84. The molecule has 30 heavy (non-hydrogen) atoms. The minimum absolute atomic E-state index is 0.0341. The van der Waals surface area contributed by atoms with Crippen molar-refractivity contribution in [3.63, 3.8) is 0 Å². The third-order valence-electron chi connectivity index (χ3n) is 5.43. The molecule has 0 bridgehead atoms. The first-order valence-electron chi connectivity index (χ1n) is 10.4. The number of aryl methyl sites for hydroxylation is 2. The highest BCUT2D eigenvalue weighted by molar-refractivity contribution is 7.19. The van der Waals surface area contributed by atoms with Crippen LogP contribution in [0.25, 0.3) is 21.3 Å². The first kappa shape index (κ1) is 22.2. The van der Waals surface area contributed by atoms with Gasteiger partial charge in [-0.25, -0.2) is 4.98 Å². The van der Waals surface area contributed by atoms with Gasteiger partial charge in [-0.2, -0.15) is 0 Å². The van der Waals surface area contributed by atoms with E-state index in [4.69, 9.17) is 9.72 Å². The zero-order valence-corrected chi connectivity index (χ0v) is 19.5. The summed E-state index contributed by atoms with van der Waals surface area (Å²) in [5.41, 5.74) is 3.35. The van der Waals surface area contributed by atoms with Gasteiger partial charge < -0.3 is 4.74 Å². The minimum Gasteiger partial charge on any atom is -0.469 e. The third kappa shape index (κ3) is 4.33. The van der Waals surface area contributed by atoms with Crippen LogP contribution >= 0.6 is 11.3 Å². The van der Waals surface area contributed by atoms with Gasteiger partial charge in [0.25, 0.3) is 5.56 Å². The number of hydrogen-bond acceptors (Lipinski definition) is 5. The summed E-state index contributed by atoms with van der Waals surface area (Å²) < 4.78 is 6.39. The number of hydrogen-bond donors (Lipinski definition) is 0. The molecule has 0 fully saturated rings. The van der Waals surface area contributed by atoms with Gasteiger partial charge in [0.05, 0.1) is 12.5 Å². The summed E-state index contributed by atoms with van der Waals surface area (Å²) in [6, 6.07) is 8.52. The normalized spacial score (nSPS) is 11.8. The number of carbonyl (C=O) groups is 1. The summed E-state index contributed by atoms with van der Waals surface area (Å²) in [5.74, 6) is 0.411. The molecule has 0 N–H and O–H groups in total. The SMILES string of the molecule is CCc1sc2nc(C)n(CCCC(=O)OC)c(=O)c2c1-c1ccc(C(C)(C)C)cc1. The number of nitrogens with zero attached hydrogens (tertiary/aromatic N) is 2. The van der Waals surface area contributed by atoms with Crippen LogP contribution in [0.5, 0.6) is 0 Å². The van der Waals surface area contributed by atoms with E-state index >= 15 is 0 Å². The summed E-state index contributed by atoms with van der Waals surface area (Å²) in [6.45, 7) is 11.0. The Labute approximate surface area is 181 Å². The Morgan fingerprint density at radius 1 is 1.20 bits per heavy atom. The zero-order valence-electron chi connectivity index (χ0n) is 18.7. The molecule has 2 heterocycles. The Hall–Kier alpha value is -2.47. The number of methoxy groups -OCH3 is 1. The molecule has 2 aromatic heterocycles. The smallest absolute Gasteiger partial charge is 0.305 e. The van der Waals surface area contributed by atoms with E-state index in [0.29, 0.717) is 24.2 Å². The Bertz CT molecular complexity index is 1120. The van der Waals surface area contributed by atoms with E-state index < -0.39 is 0 Å². The first-order chi connectivity index (χ1) is 14.2. The van der Waals surface area contributed by atoms with Crippen LogP contribution in [0.15, 0.2) is 29.1 Å². The fourth-order valence-electron chi connectivity index (χ4n) is 3.67. The second kappa shape index (κ2) is 8.72. The van der Waals surface area contributed by atoms with E-state index in [-0.39, 0.29) is 23.4 Å². The lowest BCUT2D eigenvalue weighted by Gasteiger charge is -2.19. The largest absolute Gasteiger partial charge is 0.469 e. The molecule has 3 aromatic rings. The molecule has 3 rings (SSSR count). The molecule has 160 valence electrons. The molecule has 1 aromatic carbocycles. The fraction of sp³-hybridized carbons (Fsp3) is 0.458. The van der Waals surface area contributed by atoms with Crippen LogP contribution in [0.1, 0.15) is 56.8 Å². The van der Waals surface area contributed by atoms with Crippen LogP contribution in [-0.4, -0.2) is 22.6 Å². The van der Waals surface area contributed by atoms with Crippen LogP contribution in [0.4, 0.5) is 0 Å². The van der Waals surface area contributed by atoms with Crippen molar-refractivity contribution in [1.29, 1.82) is 0 Å². The van der Waals surface area contributed by atoms with Crippen molar-refractivity contribution in [3.05, 3.63) is 50.9 Å². The molecule has 0 aliphatic heterocycles. The van der Waals surface area contributed by atoms with Crippen LogP contribution in [-0.2, 0) is 27.9 Å². The van der Waals surface area contributed by atoms with E-state index in [2.05, 4.69) is 52.0 Å². The number of aromatic nitrogens is 2. The van der Waals surface area contributed by atoms with Gasteiger partial charge in [-0.3, -0.25) is 14.2 Å². The lowest BCUT2D eigenvalue weighted by molar-refractivity contribution is -0.140. The number of benzene rings is 1. The summed E-state index contributed by atoms with van der Waals surface area (Å²) in [7, 11) is 1.38. The molecule has 0 saturated carbocycles. The lowest BCUT2D eigenvalue weighted by atomic mass is 9.86. The lowest BCUT2D eigenvalue weighted by Crippen LogP contribution is -2.24. The summed E-state index contributed by atoms with van der Waals surface area (Å²) in [6.07, 6.45) is 1.67. The average molecular weight is 427 g/mol. The number of thiophene rings is 1. The maximum absolute atomic E-state index is 13.5. The monoisotopic (exact) mass is 426 g/mol. The predicted octanol–water partition coefficient (Wildman–Crippen LogP) is 5.25. The molecule has 0 amide bonds. The first-order valence-corrected chi connectivity index (χ1v) is 11.2. The van der Waals surface area contributed by atoms with E-state index in [0.717, 1.165) is 22.4 Å². The molecule has 0 unspecified atom stereocenters. The number of esters is 1. The Morgan fingerprint density at radius 3 is 2.43 bits per heavy atom. The third-order valence-corrected chi connectivity index (χ3v) is 6.65. The molecular weight excluding hydrogens is 396 g/mol. The maximum Gasteiger partial charge on any atom is 0.305 e. The Morgan fingerprint density at radius 2 is 1.87 bits per heavy atom. The molecule has 6 heteroatoms. The van der Waals surface area contributed by atoms with Crippen LogP contribution in [0, 0.1) is 6.92 Å². The van der Waals surface area contributed by atoms with Crippen molar-refractivity contribution < 1.29 is 9.53 Å². The van der Waals surface area contributed by atoms with E-state index in [1.807, 2.05) is 6.92 Å². The quantitative estimate of drug-likeness (QED) is 0.505. The summed E-state index contributed by atoms with van der Waals surface area (Å²) >= 11 is 1.60. The van der Waals surface area contributed by atoms with Gasteiger partial charge in [0.1, 0.15) is 10.7 Å². The molecule has 5 nitrogen and oxygen atoms in total. The van der Waals surface area contributed by atoms with Gasteiger partial charge in [-0.15, -0.1) is 11.3 Å². The van der Waals surface area contributed by atoms with Gasteiger partial charge in [0, 0.05) is 23.4 Å². The molecule has 0 atom stereocenters. The Balaban J connectivity index is 2.11. The predicted molar refractivity (Wildman–Crippen MR) is 123 cm³/mol. The van der Waals surface area contributed by atoms with Crippen LogP contribution in [0.2, 0.25) is 0 Å². The minimum atomic E-state index is -0.266. The number of rotatable bonds is 6. The molecule has 0 aliphatic carbocycles. The highest BCUT2D eigenvalue weighted by Crippen LogP contribution is 2.37. The van der Waals surface area contributed by atoms with Gasteiger partial charge in [-0.05, 0) is 36.3 Å². The number of fused-ring (bicyclic) bond motifs is 1. The zero-order chi connectivity index (χ0) is 22.1. The molecule has 0 spiro atoms. The van der Waals surface area contributed by atoms with Gasteiger partial charge >= 0.3 is 5.97 Å². The molecular formula is C24H30N2O3S. The molecule has 0 aliphatic rings. The van der Waals surface area contributed by atoms with Gasteiger partial charge in [0.15, 0.2) is 0 Å². The highest BCUT2D eigenvalue weighted by Gasteiger charge is 2.21. The standard InChI is InChI=1S/C24H30N2O3S/c1-7-18-20(16-10-12-17(13-11-16)24(3,4)5)21-22(30-18)25-15(2)26(23(21)28)14-8-9-19(27)29-6/h10-13H,7-9,14H2,1-6H3. The van der Waals surface area contributed by atoms with E-state index in [9.17, 15) is 9.59 Å².